The van der Waals surface area contributed by atoms with Gasteiger partial charge in [0.25, 0.3) is 0 Å². The van der Waals surface area contributed by atoms with Crippen LogP contribution < -0.4 is 5.32 Å². The van der Waals surface area contributed by atoms with Gasteiger partial charge >= 0.3 is 0 Å². The first-order chi connectivity index (χ1) is 13.2. The van der Waals surface area contributed by atoms with Crippen molar-refractivity contribution in [1.29, 1.82) is 0 Å². The molecule has 1 amide bonds. The van der Waals surface area contributed by atoms with Gasteiger partial charge in [0.1, 0.15) is 10.8 Å². The molecule has 0 aliphatic carbocycles. The van der Waals surface area contributed by atoms with E-state index in [4.69, 9.17) is 11.6 Å². The molecule has 4 aromatic rings. The molecule has 0 radical (unpaired) electrons. The Morgan fingerprint density at radius 1 is 1.15 bits per heavy atom. The van der Waals surface area contributed by atoms with Crippen molar-refractivity contribution in [2.45, 2.75) is 6.54 Å². The van der Waals surface area contributed by atoms with Gasteiger partial charge in [-0.15, -0.1) is 11.3 Å². The zero-order valence-electron chi connectivity index (χ0n) is 14.2. The number of carbonyl (C=O) groups excluding carboxylic acids is 1. The second kappa shape index (κ2) is 7.73. The van der Waals surface area contributed by atoms with Crippen molar-refractivity contribution in [1.82, 2.24) is 14.8 Å². The zero-order chi connectivity index (χ0) is 18.6. The van der Waals surface area contributed by atoms with E-state index in [1.165, 1.54) is 6.08 Å². The topological polar surface area (TPSA) is 59.8 Å². The summed E-state index contributed by atoms with van der Waals surface area (Å²) in [7, 11) is 0. The average molecular weight is 395 g/mol. The normalized spacial score (nSPS) is 11.3. The van der Waals surface area contributed by atoms with Crippen LogP contribution in [0.1, 0.15) is 10.6 Å². The molecule has 5 nitrogen and oxygen atoms in total. The minimum Gasteiger partial charge on any atom is -0.307 e. The van der Waals surface area contributed by atoms with E-state index in [9.17, 15) is 4.79 Å². The molecule has 0 fully saturated rings. The molecule has 4 rings (SSSR count). The zero-order valence-corrected chi connectivity index (χ0v) is 15.7. The van der Waals surface area contributed by atoms with Crippen molar-refractivity contribution >= 4 is 51.0 Å². The van der Waals surface area contributed by atoms with Crippen LogP contribution in [0, 0.1) is 0 Å². The largest absolute Gasteiger partial charge is 0.307 e. The molecule has 0 bridgehead atoms. The Morgan fingerprint density at radius 2 is 1.96 bits per heavy atom. The summed E-state index contributed by atoms with van der Waals surface area (Å²) >= 11 is 7.46. The van der Waals surface area contributed by atoms with Gasteiger partial charge in [0, 0.05) is 17.2 Å². The quantitative estimate of drug-likeness (QED) is 0.492. The standard InChI is InChI=1S/C20H15ClN4OS/c21-15-7-5-14(6-8-15)13-25-18(11-12-22-25)24-19(26)9-10-20-23-16-3-1-2-4-17(16)27-20/h1-12H,13H2,(H,24,26)/b10-9+. The Kier molecular flexibility index (Phi) is 5.00. The number of carbonyl (C=O) groups is 1. The summed E-state index contributed by atoms with van der Waals surface area (Å²) in [6, 6.07) is 17.2. The Balaban J connectivity index is 1.43. The van der Waals surface area contributed by atoms with Gasteiger partial charge in [-0.2, -0.15) is 5.10 Å². The second-order valence-electron chi connectivity index (χ2n) is 5.84. The third kappa shape index (κ3) is 4.24. The van der Waals surface area contributed by atoms with Crippen molar-refractivity contribution in [3.63, 3.8) is 0 Å². The van der Waals surface area contributed by atoms with Gasteiger partial charge in [0.05, 0.1) is 23.0 Å². The fraction of sp³-hybridized carbons (Fsp3) is 0.0500. The summed E-state index contributed by atoms with van der Waals surface area (Å²) in [4.78, 5) is 16.8. The maximum atomic E-state index is 12.3. The molecule has 0 saturated heterocycles. The molecule has 0 aliphatic rings. The smallest absolute Gasteiger partial charge is 0.249 e. The van der Waals surface area contributed by atoms with Crippen LogP contribution >= 0.6 is 22.9 Å². The lowest BCUT2D eigenvalue weighted by molar-refractivity contribution is -0.111. The maximum absolute atomic E-state index is 12.3. The van der Waals surface area contributed by atoms with E-state index in [1.807, 2.05) is 48.5 Å². The van der Waals surface area contributed by atoms with E-state index in [-0.39, 0.29) is 5.91 Å². The highest BCUT2D eigenvalue weighted by atomic mass is 35.5. The highest BCUT2D eigenvalue weighted by Gasteiger charge is 2.07. The van der Waals surface area contributed by atoms with Gasteiger partial charge < -0.3 is 5.32 Å². The fourth-order valence-electron chi connectivity index (χ4n) is 2.60. The van der Waals surface area contributed by atoms with Gasteiger partial charge in [-0.05, 0) is 35.9 Å². The first-order valence-electron chi connectivity index (χ1n) is 8.28. The van der Waals surface area contributed by atoms with Gasteiger partial charge in [0.15, 0.2) is 0 Å². The molecule has 134 valence electrons. The lowest BCUT2D eigenvalue weighted by atomic mass is 10.2. The molecule has 0 atom stereocenters. The number of hydrogen-bond donors (Lipinski definition) is 1. The summed E-state index contributed by atoms with van der Waals surface area (Å²) in [6.07, 6.45) is 4.86. The summed E-state index contributed by atoms with van der Waals surface area (Å²) in [5.74, 6) is 0.399. The molecule has 27 heavy (non-hydrogen) atoms. The number of nitrogens with zero attached hydrogens (tertiary/aromatic N) is 3. The van der Waals surface area contributed by atoms with E-state index < -0.39 is 0 Å². The van der Waals surface area contributed by atoms with E-state index in [1.54, 1.807) is 34.4 Å². The number of anilines is 1. The van der Waals surface area contributed by atoms with Crippen LogP contribution in [0.5, 0.6) is 0 Å². The van der Waals surface area contributed by atoms with Gasteiger partial charge in [-0.1, -0.05) is 35.9 Å². The third-order valence-corrected chi connectivity index (χ3v) is 5.15. The molecule has 2 aromatic carbocycles. The molecule has 2 aromatic heterocycles. The molecule has 0 unspecified atom stereocenters. The minimum atomic E-state index is -0.230. The number of hydrogen-bond acceptors (Lipinski definition) is 4. The summed E-state index contributed by atoms with van der Waals surface area (Å²) in [6.45, 7) is 0.543. The van der Waals surface area contributed by atoms with Crippen molar-refractivity contribution in [3.8, 4) is 0 Å². The Hall–Kier alpha value is -2.96. The molecule has 0 aliphatic heterocycles. The lowest BCUT2D eigenvalue weighted by Crippen LogP contribution is -2.13. The van der Waals surface area contributed by atoms with Crippen LogP contribution in [0.4, 0.5) is 5.82 Å². The van der Waals surface area contributed by atoms with Crippen molar-refractivity contribution in [3.05, 3.63) is 82.5 Å². The number of benzene rings is 2. The van der Waals surface area contributed by atoms with Crippen LogP contribution in [0.2, 0.25) is 5.02 Å². The Labute approximate surface area is 164 Å². The number of aromatic nitrogens is 3. The van der Waals surface area contributed by atoms with E-state index in [0.717, 1.165) is 20.8 Å². The van der Waals surface area contributed by atoms with Crippen molar-refractivity contribution in [2.75, 3.05) is 5.32 Å². The van der Waals surface area contributed by atoms with Crippen molar-refractivity contribution < 1.29 is 4.79 Å². The highest BCUT2D eigenvalue weighted by molar-refractivity contribution is 7.19. The van der Waals surface area contributed by atoms with Crippen LogP contribution in [-0.2, 0) is 11.3 Å². The first-order valence-corrected chi connectivity index (χ1v) is 9.48. The van der Waals surface area contributed by atoms with E-state index in [0.29, 0.717) is 17.4 Å². The SMILES string of the molecule is O=C(/C=C/c1nc2ccccc2s1)Nc1ccnn1Cc1ccc(Cl)cc1. The Morgan fingerprint density at radius 3 is 2.78 bits per heavy atom. The number of rotatable bonds is 5. The summed E-state index contributed by atoms with van der Waals surface area (Å²) in [5, 5.41) is 8.60. The summed E-state index contributed by atoms with van der Waals surface area (Å²) in [5.41, 5.74) is 1.98. The van der Waals surface area contributed by atoms with Gasteiger partial charge in [-0.3, -0.25) is 4.79 Å². The van der Waals surface area contributed by atoms with Crippen LogP contribution in [0.25, 0.3) is 16.3 Å². The molecule has 0 spiro atoms. The highest BCUT2D eigenvalue weighted by Crippen LogP contribution is 2.22. The molecular weight excluding hydrogens is 380 g/mol. The first kappa shape index (κ1) is 17.5. The third-order valence-electron chi connectivity index (χ3n) is 3.90. The number of amides is 1. The number of thiazole rings is 1. The molecular formula is C20H15ClN4OS. The van der Waals surface area contributed by atoms with Crippen molar-refractivity contribution in [2.24, 2.45) is 0 Å². The van der Waals surface area contributed by atoms with Crippen LogP contribution in [0.15, 0.2) is 66.9 Å². The molecule has 1 N–H and O–H groups in total. The van der Waals surface area contributed by atoms with Gasteiger partial charge in [0.2, 0.25) is 5.91 Å². The monoisotopic (exact) mass is 394 g/mol. The van der Waals surface area contributed by atoms with E-state index in [2.05, 4.69) is 15.4 Å². The maximum Gasteiger partial charge on any atom is 0.249 e. The van der Waals surface area contributed by atoms with Crippen LogP contribution in [-0.4, -0.2) is 20.7 Å². The van der Waals surface area contributed by atoms with Gasteiger partial charge in [-0.25, -0.2) is 9.67 Å². The predicted octanol–water partition coefficient (Wildman–Crippen LogP) is 4.85. The Bertz CT molecular complexity index is 1080. The predicted molar refractivity (Wildman–Crippen MR) is 110 cm³/mol. The molecule has 7 heteroatoms. The number of halogens is 1. The summed E-state index contributed by atoms with van der Waals surface area (Å²) < 4.78 is 2.82. The minimum absolute atomic E-state index is 0.230. The second-order valence-corrected chi connectivity index (χ2v) is 7.34. The lowest BCUT2D eigenvalue weighted by Gasteiger charge is -2.08. The van der Waals surface area contributed by atoms with E-state index >= 15 is 0 Å². The number of nitrogens with one attached hydrogen (secondary N) is 1. The van der Waals surface area contributed by atoms with Crippen LogP contribution in [0.3, 0.4) is 0 Å². The molecule has 2 heterocycles. The average Bonchev–Trinajstić information content (AvgIpc) is 3.28. The molecule has 0 saturated carbocycles. The fourth-order valence-corrected chi connectivity index (χ4v) is 3.60. The number of fused-ring (bicyclic) bond motifs is 1. The number of para-hydroxylation sites is 1.